The summed E-state index contributed by atoms with van der Waals surface area (Å²) in [5.74, 6) is -0.592. The maximum Gasteiger partial charge on any atom is 0.307 e. The van der Waals surface area contributed by atoms with Crippen molar-refractivity contribution >= 4 is 11.7 Å². The van der Waals surface area contributed by atoms with E-state index in [9.17, 15) is 4.79 Å². The van der Waals surface area contributed by atoms with Crippen LogP contribution in [0.2, 0.25) is 0 Å². The van der Waals surface area contributed by atoms with Gasteiger partial charge in [-0.05, 0) is 30.0 Å². The fourth-order valence-electron chi connectivity index (χ4n) is 1.86. The maximum atomic E-state index is 10.7. The Balaban J connectivity index is 2.09. The molecule has 3 heteroatoms. The molecular formula is C12H15NO2. The average Bonchev–Trinajstić information content (AvgIpc) is 2.97. The van der Waals surface area contributed by atoms with Gasteiger partial charge in [0.25, 0.3) is 0 Å². The third kappa shape index (κ3) is 1.96. The highest BCUT2D eigenvalue weighted by molar-refractivity contribution is 5.75. The van der Waals surface area contributed by atoms with E-state index in [0.717, 1.165) is 17.7 Å². The zero-order valence-corrected chi connectivity index (χ0v) is 8.97. The molecule has 1 fully saturated rings. The molecule has 0 spiro atoms. The van der Waals surface area contributed by atoms with E-state index in [4.69, 9.17) is 5.11 Å². The van der Waals surface area contributed by atoms with Crippen LogP contribution >= 0.6 is 0 Å². The highest BCUT2D eigenvalue weighted by Gasteiger charge is 2.43. The van der Waals surface area contributed by atoms with Crippen molar-refractivity contribution in [1.82, 2.24) is 0 Å². The summed E-state index contributed by atoms with van der Waals surface area (Å²) >= 11 is 0. The van der Waals surface area contributed by atoms with Gasteiger partial charge >= 0.3 is 5.97 Å². The van der Waals surface area contributed by atoms with Crippen molar-refractivity contribution in [2.24, 2.45) is 5.92 Å². The number of aliphatic carboxylic acids is 1. The molecule has 1 aliphatic carbocycles. The molecule has 0 bridgehead atoms. The summed E-state index contributed by atoms with van der Waals surface area (Å²) in [6.07, 6.45) is 0.788. The molecule has 2 rings (SSSR count). The van der Waals surface area contributed by atoms with E-state index in [1.807, 2.05) is 43.3 Å². The van der Waals surface area contributed by atoms with Gasteiger partial charge in [-0.1, -0.05) is 12.1 Å². The second kappa shape index (κ2) is 3.57. The molecule has 2 atom stereocenters. The first-order valence-electron chi connectivity index (χ1n) is 5.09. The molecule has 1 aliphatic rings. The smallest absolute Gasteiger partial charge is 0.307 e. The van der Waals surface area contributed by atoms with Crippen LogP contribution < -0.4 is 4.90 Å². The second-order valence-electron chi connectivity index (χ2n) is 4.27. The molecule has 3 nitrogen and oxygen atoms in total. The summed E-state index contributed by atoms with van der Waals surface area (Å²) in [5.41, 5.74) is 2.29. The first kappa shape index (κ1) is 10.0. The number of hydrogen-bond acceptors (Lipinski definition) is 2. The molecular weight excluding hydrogens is 190 g/mol. The molecule has 0 aromatic heterocycles. The largest absolute Gasteiger partial charge is 0.481 e. The topological polar surface area (TPSA) is 40.5 Å². The lowest BCUT2D eigenvalue weighted by Gasteiger charge is -2.12. The number of carboxylic acid groups (broad SMARTS) is 1. The second-order valence-corrected chi connectivity index (χ2v) is 4.27. The number of carbonyl (C=O) groups is 1. The lowest BCUT2D eigenvalue weighted by molar-refractivity contribution is -0.138. The zero-order valence-electron chi connectivity index (χ0n) is 8.97. The summed E-state index contributed by atoms with van der Waals surface area (Å²) in [6.45, 7) is 0. The van der Waals surface area contributed by atoms with Gasteiger partial charge in [0.05, 0.1) is 5.92 Å². The predicted octanol–water partition coefficient (Wildman–Crippen LogP) is 1.94. The van der Waals surface area contributed by atoms with Gasteiger partial charge in [-0.15, -0.1) is 0 Å². The number of carboxylic acids is 1. The Morgan fingerprint density at radius 2 is 1.93 bits per heavy atom. The molecule has 1 saturated carbocycles. The van der Waals surface area contributed by atoms with E-state index in [-0.39, 0.29) is 11.8 Å². The van der Waals surface area contributed by atoms with E-state index in [1.165, 1.54) is 0 Å². The van der Waals surface area contributed by atoms with Crippen molar-refractivity contribution in [3.63, 3.8) is 0 Å². The van der Waals surface area contributed by atoms with Crippen LogP contribution in [0.15, 0.2) is 24.3 Å². The van der Waals surface area contributed by atoms with Gasteiger partial charge < -0.3 is 10.0 Å². The minimum atomic E-state index is -0.670. The van der Waals surface area contributed by atoms with E-state index < -0.39 is 5.97 Å². The number of hydrogen-bond donors (Lipinski definition) is 1. The van der Waals surface area contributed by atoms with Crippen LogP contribution in [0.4, 0.5) is 5.69 Å². The molecule has 0 radical (unpaired) electrons. The Kier molecular flexibility index (Phi) is 2.39. The van der Waals surface area contributed by atoms with Crippen LogP contribution in [0, 0.1) is 5.92 Å². The summed E-state index contributed by atoms with van der Waals surface area (Å²) < 4.78 is 0. The lowest BCUT2D eigenvalue weighted by atomic mass is 10.1. The Morgan fingerprint density at radius 1 is 1.33 bits per heavy atom. The Morgan fingerprint density at radius 3 is 2.33 bits per heavy atom. The van der Waals surface area contributed by atoms with Gasteiger partial charge in [0, 0.05) is 19.8 Å². The molecule has 0 aliphatic heterocycles. The standard InChI is InChI=1S/C12H15NO2/c1-13(2)9-5-3-8(4-6-9)10-7-11(10)12(14)15/h3-6,10-11H,7H2,1-2H3,(H,14,15). The zero-order chi connectivity index (χ0) is 11.0. The van der Waals surface area contributed by atoms with Crippen LogP contribution in [0.25, 0.3) is 0 Å². The Hall–Kier alpha value is -1.51. The van der Waals surface area contributed by atoms with Crippen LogP contribution in [0.5, 0.6) is 0 Å². The molecule has 0 saturated heterocycles. The number of anilines is 1. The molecule has 1 aromatic rings. The number of rotatable bonds is 3. The normalized spacial score (nSPS) is 23.6. The van der Waals surface area contributed by atoms with Crippen molar-refractivity contribution in [2.75, 3.05) is 19.0 Å². The molecule has 2 unspecified atom stereocenters. The van der Waals surface area contributed by atoms with Gasteiger partial charge in [-0.2, -0.15) is 0 Å². The van der Waals surface area contributed by atoms with Gasteiger partial charge in [0.1, 0.15) is 0 Å². The van der Waals surface area contributed by atoms with Crippen LogP contribution in [0.1, 0.15) is 17.9 Å². The Labute approximate surface area is 89.3 Å². The lowest BCUT2D eigenvalue weighted by Crippen LogP contribution is -2.08. The molecule has 1 N–H and O–H groups in total. The summed E-state index contributed by atoms with van der Waals surface area (Å²) in [5, 5.41) is 8.82. The molecule has 1 aromatic carbocycles. The molecule has 15 heavy (non-hydrogen) atoms. The summed E-state index contributed by atoms with van der Waals surface area (Å²) in [6, 6.07) is 8.13. The van der Waals surface area contributed by atoms with E-state index >= 15 is 0 Å². The molecule has 0 amide bonds. The van der Waals surface area contributed by atoms with Crippen LogP contribution in [-0.2, 0) is 4.79 Å². The minimum absolute atomic E-state index is 0.157. The third-order valence-electron chi connectivity index (χ3n) is 2.95. The van der Waals surface area contributed by atoms with E-state index in [2.05, 4.69) is 0 Å². The van der Waals surface area contributed by atoms with Crippen molar-refractivity contribution in [3.05, 3.63) is 29.8 Å². The van der Waals surface area contributed by atoms with Gasteiger partial charge in [-0.25, -0.2) is 0 Å². The first-order valence-corrected chi connectivity index (χ1v) is 5.09. The minimum Gasteiger partial charge on any atom is -0.481 e. The van der Waals surface area contributed by atoms with Gasteiger partial charge in [0.15, 0.2) is 0 Å². The van der Waals surface area contributed by atoms with Crippen molar-refractivity contribution in [2.45, 2.75) is 12.3 Å². The van der Waals surface area contributed by atoms with Gasteiger partial charge in [0.2, 0.25) is 0 Å². The summed E-state index contributed by atoms with van der Waals surface area (Å²) in [4.78, 5) is 12.7. The fourth-order valence-corrected chi connectivity index (χ4v) is 1.86. The fraction of sp³-hybridized carbons (Fsp3) is 0.417. The number of nitrogens with zero attached hydrogens (tertiary/aromatic N) is 1. The monoisotopic (exact) mass is 205 g/mol. The van der Waals surface area contributed by atoms with Gasteiger partial charge in [-0.3, -0.25) is 4.79 Å². The maximum absolute atomic E-state index is 10.7. The van der Waals surface area contributed by atoms with Crippen molar-refractivity contribution in [3.8, 4) is 0 Å². The molecule has 80 valence electrons. The Bertz CT molecular complexity index is 370. The highest BCUT2D eigenvalue weighted by atomic mass is 16.4. The van der Waals surface area contributed by atoms with Crippen LogP contribution in [-0.4, -0.2) is 25.2 Å². The third-order valence-corrected chi connectivity index (χ3v) is 2.95. The van der Waals surface area contributed by atoms with Crippen molar-refractivity contribution < 1.29 is 9.90 Å². The quantitative estimate of drug-likeness (QED) is 0.819. The number of benzene rings is 1. The average molecular weight is 205 g/mol. The van der Waals surface area contributed by atoms with E-state index in [1.54, 1.807) is 0 Å². The molecule has 0 heterocycles. The van der Waals surface area contributed by atoms with Crippen molar-refractivity contribution in [1.29, 1.82) is 0 Å². The summed E-state index contributed by atoms with van der Waals surface area (Å²) in [7, 11) is 3.98. The first-order chi connectivity index (χ1) is 7.09. The highest BCUT2D eigenvalue weighted by Crippen LogP contribution is 2.47. The SMILES string of the molecule is CN(C)c1ccc(C2CC2C(=O)O)cc1. The van der Waals surface area contributed by atoms with Crippen LogP contribution in [0.3, 0.4) is 0 Å². The van der Waals surface area contributed by atoms with E-state index in [0.29, 0.717) is 0 Å². The predicted molar refractivity (Wildman–Crippen MR) is 59.3 cm³/mol.